The highest BCUT2D eigenvalue weighted by atomic mass is 32.1. The predicted octanol–water partition coefficient (Wildman–Crippen LogP) is 11.6. The second-order valence-electron chi connectivity index (χ2n) is 26.0. The number of carbonyl (C=O) groups is 7. The molecule has 25 heteroatoms. The maximum absolute atomic E-state index is 13.9. The zero-order valence-corrected chi connectivity index (χ0v) is 61.3. The Hall–Kier alpha value is -10.5. The van der Waals surface area contributed by atoms with Crippen LogP contribution >= 0.6 is 34.0 Å². The number of benzene rings is 4. The number of thiophene rings is 3. The lowest BCUT2D eigenvalue weighted by Gasteiger charge is -2.37. The predicted molar refractivity (Wildman–Crippen MR) is 408 cm³/mol. The molecule has 104 heavy (non-hydrogen) atoms. The molecule has 22 nitrogen and oxygen atoms in total. The van der Waals surface area contributed by atoms with Gasteiger partial charge in [-0.25, -0.2) is 14.4 Å². The lowest BCUT2D eigenvalue weighted by Crippen LogP contribution is -2.49. The van der Waals surface area contributed by atoms with E-state index >= 15 is 0 Å². The van der Waals surface area contributed by atoms with Gasteiger partial charge in [-0.05, 0) is 98.0 Å². The second-order valence-corrected chi connectivity index (χ2v) is 28.8. The molecule has 0 atom stereocenters. The number of aromatic nitrogens is 3. The van der Waals surface area contributed by atoms with Gasteiger partial charge in [0.05, 0.1) is 74.6 Å². The van der Waals surface area contributed by atoms with E-state index in [9.17, 15) is 47.9 Å². The summed E-state index contributed by atoms with van der Waals surface area (Å²) in [6, 6.07) is 42.6. The first-order valence-electron chi connectivity index (χ1n) is 35.3. The van der Waals surface area contributed by atoms with E-state index in [0.717, 1.165) is 44.4 Å². The van der Waals surface area contributed by atoms with Gasteiger partial charge in [-0.15, -0.1) is 34.0 Å². The summed E-state index contributed by atoms with van der Waals surface area (Å²) in [6.45, 7) is 16.7. The van der Waals surface area contributed by atoms with Gasteiger partial charge in [-0.2, -0.15) is 0 Å². The van der Waals surface area contributed by atoms with E-state index in [1.165, 1.54) is 38.6 Å². The monoisotopic (exact) mass is 1460 g/mol. The number of piperazine rings is 3. The zero-order valence-electron chi connectivity index (χ0n) is 58.9. The number of Topliss-reactive ketones (excluding diaryl/α,β-unsaturated/α-hetero) is 1. The molecule has 0 spiro atoms. The Morgan fingerprint density at radius 2 is 0.731 bits per heavy atom. The van der Waals surface area contributed by atoms with Crippen LogP contribution in [-0.4, -0.2) is 168 Å². The van der Waals surface area contributed by atoms with Gasteiger partial charge in [0.25, 0.3) is 34.4 Å². The van der Waals surface area contributed by atoms with Crippen molar-refractivity contribution < 1.29 is 47.8 Å². The number of ether oxygens (including phenoxy) is 3. The van der Waals surface area contributed by atoms with Crippen molar-refractivity contribution in [1.82, 2.24) is 28.4 Å². The third-order valence-electron chi connectivity index (χ3n) is 18.8. The number of nitrogens with zero attached hydrogens (tertiary/aromatic N) is 9. The molecule has 14 rings (SSSR count). The van der Waals surface area contributed by atoms with Gasteiger partial charge < -0.3 is 52.7 Å². The molecule has 0 bridgehead atoms. The van der Waals surface area contributed by atoms with Crippen molar-refractivity contribution in [3.8, 4) is 0 Å². The van der Waals surface area contributed by atoms with Crippen molar-refractivity contribution in [3.05, 3.63) is 224 Å². The average Bonchev–Trinajstić information content (AvgIpc) is 0.874. The standard InChI is InChI=1S/C29H27N3O5S.C25H27N3O4S.C25H29N3O4S/c1-2-37-29(36)25-26(30-14-16-31(17-15-30)27(34)24-13-8-18-38-24)21-11-6-7-12-22(21)32(28(25)35)19-23(33)20-9-4-3-5-10-20;1-2-32-25(31)21-22(26-11-13-27(14-12-26)23(29)20-8-5-15-33-20)18-6-3-4-7-19(18)28(24(21)30)16-17-9-10-17;1-4-32-25(31)21-22(18-8-5-6-9-19(18)28(24(21)30)16-17(2)3)26-11-13-27(14-12-26)23(29)20-10-7-15-33-20/h3-13,18H,2,14-17,19H2,1H3;3-8,15,17H,2,9-14,16H2,1H3;5-10,15,17H,4,11-14,16H2,1-3H3. The normalized spacial score (nSPS) is 14.6. The van der Waals surface area contributed by atoms with Crippen LogP contribution in [0.2, 0.25) is 0 Å². The van der Waals surface area contributed by atoms with E-state index in [0.29, 0.717) is 136 Å². The first-order valence-corrected chi connectivity index (χ1v) is 37.9. The maximum Gasteiger partial charge on any atom is 0.345 e. The summed E-state index contributed by atoms with van der Waals surface area (Å²) in [5, 5.41) is 8.07. The smallest absolute Gasteiger partial charge is 0.345 e. The van der Waals surface area contributed by atoms with Crippen LogP contribution in [0.15, 0.2) is 170 Å². The van der Waals surface area contributed by atoms with Gasteiger partial charge in [-0.3, -0.25) is 38.1 Å². The lowest BCUT2D eigenvalue weighted by molar-refractivity contribution is 0.0514. The Bertz CT molecular complexity index is 4780. The largest absolute Gasteiger partial charge is 0.462 e. The number of carbonyl (C=O) groups excluding carboxylic acids is 7. The highest BCUT2D eigenvalue weighted by Crippen LogP contribution is 2.37. The fourth-order valence-corrected chi connectivity index (χ4v) is 15.8. The number of rotatable bonds is 19. The molecule has 3 aliphatic heterocycles. The van der Waals surface area contributed by atoms with Gasteiger partial charge in [-0.1, -0.05) is 117 Å². The van der Waals surface area contributed by atoms with Crippen molar-refractivity contribution in [2.45, 2.75) is 67.1 Å². The summed E-state index contributed by atoms with van der Waals surface area (Å²) in [5.74, 6) is -1.39. The number of para-hydroxylation sites is 3. The molecular weight excluding hydrogens is 1380 g/mol. The highest BCUT2D eigenvalue weighted by Gasteiger charge is 2.36. The van der Waals surface area contributed by atoms with Gasteiger partial charge >= 0.3 is 17.9 Å². The van der Waals surface area contributed by atoms with Crippen molar-refractivity contribution in [2.75, 3.05) is 113 Å². The Labute approximate surface area is 613 Å². The molecule has 540 valence electrons. The van der Waals surface area contributed by atoms with Crippen molar-refractivity contribution >= 4 is 125 Å². The van der Waals surface area contributed by atoms with E-state index in [4.69, 9.17) is 14.2 Å². The lowest BCUT2D eigenvalue weighted by atomic mass is 10.0. The SMILES string of the molecule is CCOC(=O)c1c(N2CCN(C(=O)c3cccs3)CC2)c2ccccc2n(CC(=O)c2ccccc2)c1=O.CCOC(=O)c1c(N2CCN(C(=O)c3cccs3)CC2)c2ccccc2n(CC(C)C)c1=O.CCOC(=O)c1c(N2CCN(C(=O)c3cccs3)CC2)c2ccccc2n(CC2CC2)c1=O. The van der Waals surface area contributed by atoms with E-state index in [2.05, 4.69) is 4.90 Å². The molecular formula is C79H83N9O13S3. The van der Waals surface area contributed by atoms with Crippen LogP contribution in [0.4, 0.5) is 17.1 Å². The number of ketones is 1. The fraction of sp³-hybridized carbons (Fsp3) is 0.342. The molecule has 0 unspecified atom stereocenters. The summed E-state index contributed by atoms with van der Waals surface area (Å²) in [7, 11) is 0. The molecule has 1 aliphatic carbocycles. The van der Waals surface area contributed by atoms with Crippen LogP contribution in [0.1, 0.15) is 118 Å². The molecule has 9 heterocycles. The third kappa shape index (κ3) is 15.8. The molecule has 4 fully saturated rings. The van der Waals surface area contributed by atoms with Crippen molar-refractivity contribution in [1.29, 1.82) is 0 Å². The van der Waals surface area contributed by atoms with Crippen molar-refractivity contribution in [2.24, 2.45) is 11.8 Å². The van der Waals surface area contributed by atoms with Gasteiger partial charge in [0, 0.05) is 113 Å². The third-order valence-corrected chi connectivity index (χ3v) is 21.4. The van der Waals surface area contributed by atoms with Crippen LogP contribution in [0.25, 0.3) is 32.7 Å². The molecule has 1 saturated carbocycles. The first kappa shape index (κ1) is 73.3. The molecule has 4 aliphatic rings. The van der Waals surface area contributed by atoms with Crippen LogP contribution in [0.3, 0.4) is 0 Å². The number of hydrogen-bond acceptors (Lipinski definition) is 19. The molecule has 0 N–H and O–H groups in total. The quantitative estimate of drug-likeness (QED) is 0.0416. The number of amides is 3. The Balaban J connectivity index is 0.000000147. The minimum Gasteiger partial charge on any atom is -0.462 e. The van der Waals surface area contributed by atoms with Gasteiger partial charge in [0.15, 0.2) is 5.78 Å². The van der Waals surface area contributed by atoms with Crippen LogP contribution in [-0.2, 0) is 33.8 Å². The van der Waals surface area contributed by atoms with Gasteiger partial charge in [0.2, 0.25) is 0 Å². The minimum absolute atomic E-state index is 0.0208. The van der Waals surface area contributed by atoms with Gasteiger partial charge in [0.1, 0.15) is 16.7 Å². The molecule has 3 amide bonds. The van der Waals surface area contributed by atoms with Crippen molar-refractivity contribution in [3.63, 3.8) is 0 Å². The summed E-state index contributed by atoms with van der Waals surface area (Å²) < 4.78 is 20.8. The zero-order chi connectivity index (χ0) is 73.1. The maximum atomic E-state index is 13.9. The summed E-state index contributed by atoms with van der Waals surface area (Å²) in [6.07, 6.45) is 2.22. The molecule has 3 saturated heterocycles. The second kappa shape index (κ2) is 33.3. The molecule has 0 radical (unpaired) electrons. The summed E-state index contributed by atoms with van der Waals surface area (Å²) >= 11 is 4.28. The topological polar surface area (TPSA) is 233 Å². The number of hydrogen-bond donors (Lipinski definition) is 0. The summed E-state index contributed by atoms with van der Waals surface area (Å²) in [5.41, 5.74) is 3.31. The Morgan fingerprint density at radius 1 is 0.404 bits per heavy atom. The number of pyridine rings is 3. The Morgan fingerprint density at radius 3 is 1.07 bits per heavy atom. The first-order chi connectivity index (χ1) is 50.5. The van der Waals surface area contributed by atoms with Crippen LogP contribution in [0.5, 0.6) is 0 Å². The number of anilines is 3. The highest BCUT2D eigenvalue weighted by molar-refractivity contribution is 7.12. The molecule has 10 aromatic rings. The summed E-state index contributed by atoms with van der Waals surface area (Å²) in [4.78, 5) is 145. The number of esters is 3. The van der Waals surface area contributed by atoms with E-state index in [1.54, 1.807) is 71.2 Å². The van der Waals surface area contributed by atoms with E-state index in [1.807, 2.05) is 153 Å². The Kier molecular flexibility index (Phi) is 23.5. The minimum atomic E-state index is -0.726. The number of fused-ring (bicyclic) bond motifs is 3. The van der Waals surface area contributed by atoms with E-state index < -0.39 is 23.5 Å². The van der Waals surface area contributed by atoms with Crippen LogP contribution < -0.4 is 31.4 Å². The van der Waals surface area contributed by atoms with E-state index in [-0.39, 0.29) is 83.6 Å². The van der Waals surface area contributed by atoms with Crippen LogP contribution in [0, 0.1) is 11.8 Å². The fourth-order valence-electron chi connectivity index (χ4n) is 13.7. The molecule has 4 aromatic carbocycles. The molecule has 6 aromatic heterocycles. The average molecular weight is 1460 g/mol.